The average Bonchev–Trinajstić information content (AvgIpc) is 2.83. The van der Waals surface area contributed by atoms with Crippen molar-refractivity contribution in [1.82, 2.24) is 20.5 Å². The molecule has 0 aliphatic rings. The summed E-state index contributed by atoms with van der Waals surface area (Å²) in [4.78, 5) is 4.03. The first kappa shape index (κ1) is 11.7. The third-order valence-corrected chi connectivity index (χ3v) is 2.54. The molecule has 0 radical (unpaired) electrons. The number of aromatic nitrogens is 3. The van der Waals surface area contributed by atoms with Crippen LogP contribution in [0.5, 0.6) is 0 Å². The van der Waals surface area contributed by atoms with Gasteiger partial charge in [0.25, 0.3) is 0 Å². The van der Waals surface area contributed by atoms with Gasteiger partial charge in [0.05, 0.1) is 6.54 Å². The van der Waals surface area contributed by atoms with Crippen LogP contribution in [0.1, 0.15) is 18.3 Å². The monoisotopic (exact) mass is 234 g/mol. The number of rotatable bonds is 5. The predicted molar refractivity (Wildman–Crippen MR) is 62.8 cm³/mol. The largest absolute Gasteiger partial charge is 0.307 e. The van der Waals surface area contributed by atoms with E-state index in [-0.39, 0.29) is 5.82 Å². The van der Waals surface area contributed by atoms with Crippen molar-refractivity contribution in [2.75, 3.05) is 0 Å². The van der Waals surface area contributed by atoms with Crippen LogP contribution in [0.4, 0.5) is 4.39 Å². The van der Waals surface area contributed by atoms with Crippen LogP contribution in [0.25, 0.3) is 0 Å². The van der Waals surface area contributed by atoms with Crippen molar-refractivity contribution in [3.05, 3.63) is 47.8 Å². The van der Waals surface area contributed by atoms with Crippen molar-refractivity contribution in [2.45, 2.75) is 25.9 Å². The Morgan fingerprint density at radius 1 is 1.35 bits per heavy atom. The Labute approximate surface area is 99.3 Å². The van der Waals surface area contributed by atoms with Crippen molar-refractivity contribution in [1.29, 1.82) is 0 Å². The molecule has 5 heteroatoms. The van der Waals surface area contributed by atoms with Gasteiger partial charge in [-0.2, -0.15) is 5.10 Å². The molecular formula is C12H15FN4. The number of nitrogens with one attached hydrogen (secondary N) is 2. The molecule has 1 aromatic carbocycles. The lowest BCUT2D eigenvalue weighted by atomic mass is 10.1. The van der Waals surface area contributed by atoms with Gasteiger partial charge >= 0.3 is 0 Å². The van der Waals surface area contributed by atoms with E-state index >= 15 is 0 Å². The lowest BCUT2D eigenvalue weighted by molar-refractivity contribution is 0.533. The minimum Gasteiger partial charge on any atom is -0.307 e. The van der Waals surface area contributed by atoms with Gasteiger partial charge in [-0.3, -0.25) is 5.10 Å². The molecule has 0 saturated carbocycles. The molecule has 4 nitrogen and oxygen atoms in total. The third kappa shape index (κ3) is 3.64. The minimum atomic E-state index is -0.198. The van der Waals surface area contributed by atoms with Crippen LogP contribution in [0, 0.1) is 5.82 Å². The zero-order valence-electron chi connectivity index (χ0n) is 9.65. The second-order valence-corrected chi connectivity index (χ2v) is 4.04. The van der Waals surface area contributed by atoms with Gasteiger partial charge < -0.3 is 5.32 Å². The minimum absolute atomic E-state index is 0.198. The molecule has 17 heavy (non-hydrogen) atoms. The summed E-state index contributed by atoms with van der Waals surface area (Å²) in [5.74, 6) is 0.618. The molecular weight excluding hydrogens is 219 g/mol. The highest BCUT2D eigenvalue weighted by Gasteiger charge is 2.04. The normalized spacial score (nSPS) is 12.6. The van der Waals surface area contributed by atoms with E-state index in [2.05, 4.69) is 27.4 Å². The summed E-state index contributed by atoms with van der Waals surface area (Å²) >= 11 is 0. The molecule has 1 unspecified atom stereocenters. The molecule has 90 valence electrons. The fourth-order valence-electron chi connectivity index (χ4n) is 1.63. The molecule has 0 saturated heterocycles. The molecule has 2 aromatic rings. The van der Waals surface area contributed by atoms with Crippen molar-refractivity contribution in [3.8, 4) is 0 Å². The van der Waals surface area contributed by atoms with E-state index in [0.717, 1.165) is 17.8 Å². The fraction of sp³-hybridized carbons (Fsp3) is 0.333. The topological polar surface area (TPSA) is 53.6 Å². The van der Waals surface area contributed by atoms with Gasteiger partial charge in [-0.05, 0) is 31.0 Å². The van der Waals surface area contributed by atoms with Crippen molar-refractivity contribution < 1.29 is 4.39 Å². The molecule has 1 heterocycles. The van der Waals surface area contributed by atoms with Crippen LogP contribution >= 0.6 is 0 Å². The number of benzene rings is 1. The molecule has 0 aliphatic heterocycles. The van der Waals surface area contributed by atoms with Gasteiger partial charge in [-0.15, -0.1) is 0 Å². The first-order valence-electron chi connectivity index (χ1n) is 5.56. The number of aromatic amines is 1. The Morgan fingerprint density at radius 3 is 2.76 bits per heavy atom. The lowest BCUT2D eigenvalue weighted by Crippen LogP contribution is -2.28. The smallest absolute Gasteiger partial charge is 0.138 e. The first-order valence-corrected chi connectivity index (χ1v) is 5.56. The van der Waals surface area contributed by atoms with Gasteiger partial charge in [0.1, 0.15) is 18.0 Å². The average molecular weight is 234 g/mol. The molecule has 0 fully saturated rings. The van der Waals surface area contributed by atoms with E-state index in [1.165, 1.54) is 18.5 Å². The maximum atomic E-state index is 12.7. The summed E-state index contributed by atoms with van der Waals surface area (Å²) in [7, 11) is 0. The van der Waals surface area contributed by atoms with E-state index in [1.54, 1.807) is 0 Å². The SMILES string of the molecule is CC(Cc1ccc(F)cc1)NCc1ncn[nH]1. The molecule has 1 atom stereocenters. The van der Waals surface area contributed by atoms with Gasteiger partial charge in [-0.1, -0.05) is 12.1 Å². The van der Waals surface area contributed by atoms with E-state index < -0.39 is 0 Å². The van der Waals surface area contributed by atoms with Gasteiger partial charge in [0.2, 0.25) is 0 Å². The summed E-state index contributed by atoms with van der Waals surface area (Å²) in [6.45, 7) is 2.74. The second-order valence-electron chi connectivity index (χ2n) is 4.04. The molecule has 0 bridgehead atoms. The standard InChI is InChI=1S/C12H15FN4/c1-9(14-7-12-15-8-16-17-12)6-10-2-4-11(13)5-3-10/h2-5,8-9,14H,6-7H2,1H3,(H,15,16,17). The van der Waals surface area contributed by atoms with E-state index in [1.807, 2.05) is 12.1 Å². The number of hydrogen-bond acceptors (Lipinski definition) is 3. The summed E-state index contributed by atoms with van der Waals surface area (Å²) in [6.07, 6.45) is 2.34. The van der Waals surface area contributed by atoms with Gasteiger partial charge in [0, 0.05) is 6.04 Å². The summed E-state index contributed by atoms with van der Waals surface area (Å²) in [5, 5.41) is 9.89. The Morgan fingerprint density at radius 2 is 2.12 bits per heavy atom. The molecule has 0 spiro atoms. The molecule has 0 aliphatic carbocycles. The van der Waals surface area contributed by atoms with Crippen molar-refractivity contribution in [3.63, 3.8) is 0 Å². The predicted octanol–water partition coefficient (Wildman–Crippen LogP) is 1.66. The molecule has 2 N–H and O–H groups in total. The van der Waals surface area contributed by atoms with E-state index in [9.17, 15) is 4.39 Å². The molecule has 2 rings (SSSR count). The maximum absolute atomic E-state index is 12.7. The highest BCUT2D eigenvalue weighted by molar-refractivity contribution is 5.16. The fourth-order valence-corrected chi connectivity index (χ4v) is 1.63. The third-order valence-electron chi connectivity index (χ3n) is 2.54. The van der Waals surface area contributed by atoms with Gasteiger partial charge in [0.15, 0.2) is 0 Å². The van der Waals surface area contributed by atoms with Crippen LogP contribution in [0.2, 0.25) is 0 Å². The van der Waals surface area contributed by atoms with Crippen LogP contribution in [-0.4, -0.2) is 21.2 Å². The quantitative estimate of drug-likeness (QED) is 0.827. The van der Waals surface area contributed by atoms with Crippen LogP contribution < -0.4 is 5.32 Å². The van der Waals surface area contributed by atoms with Gasteiger partial charge in [-0.25, -0.2) is 9.37 Å². The Kier molecular flexibility index (Phi) is 3.82. The molecule has 0 amide bonds. The first-order chi connectivity index (χ1) is 8.24. The number of H-pyrrole nitrogens is 1. The maximum Gasteiger partial charge on any atom is 0.138 e. The number of hydrogen-bond donors (Lipinski definition) is 2. The summed E-state index contributed by atoms with van der Waals surface area (Å²) < 4.78 is 12.7. The summed E-state index contributed by atoms with van der Waals surface area (Å²) in [6, 6.07) is 6.88. The Balaban J connectivity index is 1.80. The second kappa shape index (κ2) is 5.54. The Hall–Kier alpha value is -1.75. The lowest BCUT2D eigenvalue weighted by Gasteiger charge is -2.12. The highest BCUT2D eigenvalue weighted by atomic mass is 19.1. The van der Waals surface area contributed by atoms with Crippen molar-refractivity contribution in [2.24, 2.45) is 0 Å². The number of nitrogens with zero attached hydrogens (tertiary/aromatic N) is 2. The highest BCUT2D eigenvalue weighted by Crippen LogP contribution is 2.05. The van der Waals surface area contributed by atoms with Crippen LogP contribution in [0.3, 0.4) is 0 Å². The molecule has 1 aromatic heterocycles. The zero-order valence-corrected chi connectivity index (χ0v) is 9.65. The Bertz CT molecular complexity index is 438. The number of halogens is 1. The van der Waals surface area contributed by atoms with Crippen molar-refractivity contribution >= 4 is 0 Å². The zero-order chi connectivity index (χ0) is 12.1. The van der Waals surface area contributed by atoms with Crippen LogP contribution in [0.15, 0.2) is 30.6 Å². The van der Waals surface area contributed by atoms with Crippen LogP contribution in [-0.2, 0) is 13.0 Å². The van der Waals surface area contributed by atoms with E-state index in [0.29, 0.717) is 12.6 Å². The summed E-state index contributed by atoms with van der Waals surface area (Å²) in [5.41, 5.74) is 1.11. The van der Waals surface area contributed by atoms with E-state index in [4.69, 9.17) is 0 Å².